The van der Waals surface area contributed by atoms with Crippen LogP contribution in [-0.4, -0.2) is 9.38 Å². The van der Waals surface area contributed by atoms with Crippen molar-refractivity contribution in [1.29, 1.82) is 0 Å². The molecule has 2 nitrogen and oxygen atoms in total. The van der Waals surface area contributed by atoms with Crippen LogP contribution in [0.2, 0.25) is 0 Å². The molecule has 0 saturated carbocycles. The number of pyridine rings is 1. The number of aromatic nitrogens is 2. The van der Waals surface area contributed by atoms with Gasteiger partial charge in [-0.3, -0.25) is 0 Å². The minimum absolute atomic E-state index is 0.960. The molecule has 0 spiro atoms. The quantitative estimate of drug-likeness (QED) is 0.556. The average Bonchev–Trinajstić information content (AvgIpc) is 2.72. The lowest BCUT2D eigenvalue weighted by Crippen LogP contribution is -1.80. The van der Waals surface area contributed by atoms with E-state index in [1.807, 2.05) is 28.9 Å². The monoisotopic (exact) mass is 398 g/mol. The molecule has 3 aromatic rings. The van der Waals surface area contributed by atoms with Crippen LogP contribution in [0.25, 0.3) is 16.9 Å². The van der Waals surface area contributed by atoms with Crippen molar-refractivity contribution in [3.05, 3.63) is 56.8 Å². The molecule has 0 amide bonds. The van der Waals surface area contributed by atoms with Gasteiger partial charge >= 0.3 is 0 Å². The van der Waals surface area contributed by atoms with Gasteiger partial charge in [-0.1, -0.05) is 12.1 Å². The standard InChI is InChI=1S/C13H8BrIN2/c14-10-3-6-13-16-12(8-17(13)7-10)9-1-4-11(15)5-2-9/h1-8H. The van der Waals surface area contributed by atoms with E-state index in [1.165, 1.54) is 3.57 Å². The number of halogens is 2. The van der Waals surface area contributed by atoms with Gasteiger partial charge < -0.3 is 4.40 Å². The summed E-state index contributed by atoms with van der Waals surface area (Å²) in [6.45, 7) is 0. The van der Waals surface area contributed by atoms with E-state index in [-0.39, 0.29) is 0 Å². The Morgan fingerprint density at radius 3 is 2.53 bits per heavy atom. The van der Waals surface area contributed by atoms with Crippen LogP contribution in [0.1, 0.15) is 0 Å². The highest BCUT2D eigenvalue weighted by molar-refractivity contribution is 14.1. The predicted molar refractivity (Wildman–Crippen MR) is 81.0 cm³/mol. The molecular weight excluding hydrogens is 391 g/mol. The van der Waals surface area contributed by atoms with E-state index >= 15 is 0 Å². The van der Waals surface area contributed by atoms with Crippen molar-refractivity contribution in [2.75, 3.05) is 0 Å². The molecule has 1 aromatic carbocycles. The Kier molecular flexibility index (Phi) is 2.92. The van der Waals surface area contributed by atoms with Crippen molar-refractivity contribution >= 4 is 44.2 Å². The van der Waals surface area contributed by atoms with Gasteiger partial charge in [-0.05, 0) is 62.8 Å². The number of rotatable bonds is 1. The Hall–Kier alpha value is -0.880. The van der Waals surface area contributed by atoms with Crippen molar-refractivity contribution in [2.45, 2.75) is 0 Å². The molecule has 0 fully saturated rings. The van der Waals surface area contributed by atoms with E-state index in [0.717, 1.165) is 21.4 Å². The number of hydrogen-bond donors (Lipinski definition) is 0. The number of benzene rings is 1. The van der Waals surface area contributed by atoms with Crippen LogP contribution in [-0.2, 0) is 0 Å². The third kappa shape index (κ3) is 2.24. The normalized spacial score (nSPS) is 10.9. The fraction of sp³-hybridized carbons (Fsp3) is 0. The van der Waals surface area contributed by atoms with E-state index < -0.39 is 0 Å². The minimum atomic E-state index is 0.960. The van der Waals surface area contributed by atoms with E-state index in [1.54, 1.807) is 0 Å². The van der Waals surface area contributed by atoms with Gasteiger partial charge in [-0.15, -0.1) is 0 Å². The summed E-state index contributed by atoms with van der Waals surface area (Å²) in [5, 5.41) is 0. The van der Waals surface area contributed by atoms with Gasteiger partial charge in [-0.25, -0.2) is 4.98 Å². The van der Waals surface area contributed by atoms with E-state index in [0.29, 0.717) is 0 Å². The van der Waals surface area contributed by atoms with Crippen LogP contribution in [0.4, 0.5) is 0 Å². The summed E-state index contributed by atoms with van der Waals surface area (Å²) >= 11 is 5.76. The summed E-state index contributed by atoms with van der Waals surface area (Å²) in [6.07, 6.45) is 4.06. The average molecular weight is 399 g/mol. The second-order valence-electron chi connectivity index (χ2n) is 3.75. The molecule has 0 unspecified atom stereocenters. The maximum Gasteiger partial charge on any atom is 0.137 e. The zero-order chi connectivity index (χ0) is 11.8. The van der Waals surface area contributed by atoms with Crippen molar-refractivity contribution in [2.24, 2.45) is 0 Å². The lowest BCUT2D eigenvalue weighted by atomic mass is 10.2. The Morgan fingerprint density at radius 2 is 1.76 bits per heavy atom. The summed E-state index contributed by atoms with van der Waals surface area (Å²) in [5.41, 5.74) is 3.10. The van der Waals surface area contributed by atoms with E-state index in [9.17, 15) is 0 Å². The van der Waals surface area contributed by atoms with Crippen molar-refractivity contribution in [3.63, 3.8) is 0 Å². The van der Waals surface area contributed by atoms with Crippen molar-refractivity contribution in [1.82, 2.24) is 9.38 Å². The van der Waals surface area contributed by atoms with Crippen molar-refractivity contribution in [3.8, 4) is 11.3 Å². The third-order valence-electron chi connectivity index (χ3n) is 2.55. The Bertz CT molecular complexity index is 673. The summed E-state index contributed by atoms with van der Waals surface area (Å²) in [4.78, 5) is 4.59. The first-order chi connectivity index (χ1) is 8.22. The zero-order valence-electron chi connectivity index (χ0n) is 8.77. The zero-order valence-corrected chi connectivity index (χ0v) is 12.5. The molecule has 0 bridgehead atoms. The van der Waals surface area contributed by atoms with Gasteiger partial charge in [0.05, 0.1) is 5.69 Å². The number of hydrogen-bond acceptors (Lipinski definition) is 1. The first-order valence-electron chi connectivity index (χ1n) is 5.12. The minimum Gasteiger partial charge on any atom is -0.305 e. The topological polar surface area (TPSA) is 17.3 Å². The number of imidazole rings is 1. The molecule has 0 N–H and O–H groups in total. The van der Waals surface area contributed by atoms with Gasteiger partial charge in [0.15, 0.2) is 0 Å². The highest BCUT2D eigenvalue weighted by Gasteiger charge is 2.04. The summed E-state index contributed by atoms with van der Waals surface area (Å²) in [6, 6.07) is 12.4. The molecule has 17 heavy (non-hydrogen) atoms. The van der Waals surface area contributed by atoms with Crippen LogP contribution in [0, 0.1) is 3.57 Å². The largest absolute Gasteiger partial charge is 0.305 e. The smallest absolute Gasteiger partial charge is 0.137 e. The fourth-order valence-corrected chi connectivity index (χ4v) is 2.44. The molecule has 3 rings (SSSR count). The molecule has 0 aliphatic carbocycles. The second-order valence-corrected chi connectivity index (χ2v) is 5.91. The molecule has 0 atom stereocenters. The number of nitrogens with zero attached hydrogens (tertiary/aromatic N) is 2. The van der Waals surface area contributed by atoms with Gasteiger partial charge in [0.2, 0.25) is 0 Å². The van der Waals surface area contributed by atoms with Crippen LogP contribution >= 0.6 is 38.5 Å². The first-order valence-corrected chi connectivity index (χ1v) is 7.00. The summed E-state index contributed by atoms with van der Waals surface area (Å²) in [7, 11) is 0. The third-order valence-corrected chi connectivity index (χ3v) is 3.74. The maximum absolute atomic E-state index is 4.59. The van der Waals surface area contributed by atoms with Crippen LogP contribution in [0.3, 0.4) is 0 Å². The van der Waals surface area contributed by atoms with E-state index in [4.69, 9.17) is 0 Å². The maximum atomic E-state index is 4.59. The Morgan fingerprint density at radius 1 is 1.00 bits per heavy atom. The first kappa shape index (κ1) is 11.2. The van der Waals surface area contributed by atoms with Crippen LogP contribution < -0.4 is 0 Å². The molecule has 0 saturated heterocycles. The lowest BCUT2D eigenvalue weighted by Gasteiger charge is -1.95. The highest BCUT2D eigenvalue weighted by atomic mass is 127. The van der Waals surface area contributed by atoms with Crippen LogP contribution in [0.15, 0.2) is 53.3 Å². The molecule has 2 aromatic heterocycles. The SMILES string of the molecule is Brc1ccc2nc(-c3ccc(I)cc3)cn2c1. The molecule has 4 heteroatoms. The van der Waals surface area contributed by atoms with Gasteiger partial charge in [0.1, 0.15) is 5.65 Å². The Balaban J connectivity index is 2.14. The molecule has 2 heterocycles. The summed E-state index contributed by atoms with van der Waals surface area (Å²) < 4.78 is 4.31. The van der Waals surface area contributed by atoms with E-state index in [2.05, 4.69) is 67.8 Å². The fourth-order valence-electron chi connectivity index (χ4n) is 1.72. The molecule has 84 valence electrons. The summed E-state index contributed by atoms with van der Waals surface area (Å²) in [5.74, 6) is 0. The molecule has 0 radical (unpaired) electrons. The van der Waals surface area contributed by atoms with Gasteiger partial charge in [-0.2, -0.15) is 0 Å². The lowest BCUT2D eigenvalue weighted by molar-refractivity contribution is 1.17. The predicted octanol–water partition coefficient (Wildman–Crippen LogP) is 4.37. The highest BCUT2D eigenvalue weighted by Crippen LogP contribution is 2.21. The van der Waals surface area contributed by atoms with Crippen LogP contribution in [0.5, 0.6) is 0 Å². The number of fused-ring (bicyclic) bond motifs is 1. The van der Waals surface area contributed by atoms with Gasteiger partial charge in [0.25, 0.3) is 0 Å². The van der Waals surface area contributed by atoms with Gasteiger partial charge in [0, 0.05) is 26.0 Å². The molecule has 0 aliphatic rings. The van der Waals surface area contributed by atoms with Crippen molar-refractivity contribution < 1.29 is 0 Å². The molecule has 0 aliphatic heterocycles. The molecular formula is C13H8BrIN2. The Labute approximate surface area is 121 Å². The second kappa shape index (κ2) is 4.42.